The SMILES string of the molecule is CC(C)c1cnc(C(F)F)c(Cl)c1. The minimum atomic E-state index is -2.60. The van der Waals surface area contributed by atoms with Crippen molar-refractivity contribution in [2.24, 2.45) is 0 Å². The van der Waals surface area contributed by atoms with Gasteiger partial charge in [-0.1, -0.05) is 25.4 Å². The van der Waals surface area contributed by atoms with E-state index in [-0.39, 0.29) is 16.6 Å². The van der Waals surface area contributed by atoms with Gasteiger partial charge in [-0.3, -0.25) is 4.98 Å². The number of hydrogen-bond acceptors (Lipinski definition) is 1. The van der Waals surface area contributed by atoms with E-state index in [0.717, 1.165) is 5.56 Å². The Morgan fingerprint density at radius 1 is 1.38 bits per heavy atom. The van der Waals surface area contributed by atoms with Crippen LogP contribution in [0.4, 0.5) is 8.78 Å². The van der Waals surface area contributed by atoms with Gasteiger partial charge in [0.2, 0.25) is 0 Å². The van der Waals surface area contributed by atoms with Crippen molar-refractivity contribution < 1.29 is 8.78 Å². The van der Waals surface area contributed by atoms with Crippen molar-refractivity contribution in [1.29, 1.82) is 0 Å². The fourth-order valence-electron chi connectivity index (χ4n) is 0.940. The molecule has 0 aliphatic heterocycles. The minimum absolute atomic E-state index is 0.0428. The summed E-state index contributed by atoms with van der Waals surface area (Å²) in [6.45, 7) is 3.91. The van der Waals surface area contributed by atoms with Gasteiger partial charge in [-0.2, -0.15) is 0 Å². The first-order chi connectivity index (χ1) is 6.02. The maximum absolute atomic E-state index is 12.2. The van der Waals surface area contributed by atoms with Crippen LogP contribution in [0.2, 0.25) is 5.02 Å². The zero-order chi connectivity index (χ0) is 10.0. The molecule has 1 aromatic rings. The molecule has 0 amide bonds. The van der Waals surface area contributed by atoms with Gasteiger partial charge in [0.05, 0.1) is 5.02 Å². The van der Waals surface area contributed by atoms with Crippen LogP contribution in [0.3, 0.4) is 0 Å². The lowest BCUT2D eigenvalue weighted by atomic mass is 10.1. The maximum Gasteiger partial charge on any atom is 0.281 e. The topological polar surface area (TPSA) is 12.9 Å². The Morgan fingerprint density at radius 2 is 2.00 bits per heavy atom. The van der Waals surface area contributed by atoms with Gasteiger partial charge in [0.25, 0.3) is 6.43 Å². The van der Waals surface area contributed by atoms with Crippen molar-refractivity contribution in [3.63, 3.8) is 0 Å². The van der Waals surface area contributed by atoms with Crippen molar-refractivity contribution in [2.75, 3.05) is 0 Å². The molecule has 0 aliphatic rings. The first-order valence-electron chi connectivity index (χ1n) is 3.96. The molecule has 13 heavy (non-hydrogen) atoms. The highest BCUT2D eigenvalue weighted by Gasteiger charge is 2.14. The van der Waals surface area contributed by atoms with E-state index in [0.29, 0.717) is 0 Å². The summed E-state index contributed by atoms with van der Waals surface area (Å²) in [4.78, 5) is 3.62. The third-order valence-electron chi connectivity index (χ3n) is 1.76. The Balaban J connectivity index is 3.06. The zero-order valence-corrected chi connectivity index (χ0v) is 8.15. The third-order valence-corrected chi connectivity index (χ3v) is 2.07. The van der Waals surface area contributed by atoms with Crippen LogP contribution in [0.15, 0.2) is 12.3 Å². The van der Waals surface area contributed by atoms with Crippen molar-refractivity contribution in [2.45, 2.75) is 26.2 Å². The summed E-state index contributed by atoms with van der Waals surface area (Å²) in [5.41, 5.74) is 0.528. The summed E-state index contributed by atoms with van der Waals surface area (Å²) >= 11 is 5.63. The van der Waals surface area contributed by atoms with Crippen LogP contribution in [-0.4, -0.2) is 4.98 Å². The van der Waals surface area contributed by atoms with Crippen LogP contribution >= 0.6 is 11.6 Å². The molecule has 1 heterocycles. The summed E-state index contributed by atoms with van der Waals surface area (Å²) in [6, 6.07) is 1.54. The Labute approximate surface area is 80.7 Å². The van der Waals surface area contributed by atoms with Gasteiger partial charge in [-0.05, 0) is 17.5 Å². The molecule has 0 unspecified atom stereocenters. The third kappa shape index (κ3) is 2.37. The highest BCUT2D eigenvalue weighted by atomic mass is 35.5. The Kier molecular flexibility index (Phi) is 3.20. The predicted octanol–water partition coefficient (Wildman–Crippen LogP) is 3.80. The molecule has 0 fully saturated rings. The number of nitrogens with zero attached hydrogens (tertiary/aromatic N) is 1. The van der Waals surface area contributed by atoms with E-state index in [2.05, 4.69) is 4.98 Å². The lowest BCUT2D eigenvalue weighted by molar-refractivity contribution is 0.146. The van der Waals surface area contributed by atoms with E-state index in [1.807, 2.05) is 13.8 Å². The van der Waals surface area contributed by atoms with Gasteiger partial charge >= 0.3 is 0 Å². The van der Waals surface area contributed by atoms with Crippen molar-refractivity contribution in [3.05, 3.63) is 28.5 Å². The van der Waals surface area contributed by atoms with Gasteiger partial charge < -0.3 is 0 Å². The Bertz CT molecular complexity index is 300. The van der Waals surface area contributed by atoms with Gasteiger partial charge in [-0.15, -0.1) is 0 Å². The number of pyridine rings is 1. The highest BCUT2D eigenvalue weighted by Crippen LogP contribution is 2.27. The summed E-state index contributed by atoms with van der Waals surface area (Å²) < 4.78 is 24.4. The van der Waals surface area contributed by atoms with Crippen molar-refractivity contribution in [3.8, 4) is 0 Å². The molecule has 0 bridgehead atoms. The standard InChI is InChI=1S/C9H10ClF2N/c1-5(2)6-3-7(10)8(9(11)12)13-4-6/h3-5,9H,1-2H3. The van der Waals surface area contributed by atoms with Crippen molar-refractivity contribution >= 4 is 11.6 Å². The highest BCUT2D eigenvalue weighted by molar-refractivity contribution is 6.31. The number of rotatable bonds is 2. The number of halogens is 3. The maximum atomic E-state index is 12.2. The normalized spacial score (nSPS) is 11.3. The Morgan fingerprint density at radius 3 is 2.38 bits per heavy atom. The van der Waals surface area contributed by atoms with E-state index < -0.39 is 6.43 Å². The molecular weight excluding hydrogens is 196 g/mol. The molecule has 0 saturated heterocycles. The van der Waals surface area contributed by atoms with Crippen LogP contribution in [0.5, 0.6) is 0 Å². The number of aromatic nitrogens is 1. The molecule has 1 aromatic heterocycles. The Hall–Kier alpha value is -0.700. The lowest BCUT2D eigenvalue weighted by Crippen LogP contribution is -1.95. The first-order valence-corrected chi connectivity index (χ1v) is 4.33. The summed E-state index contributed by atoms with van der Waals surface area (Å²) in [5, 5.41) is 0.0428. The molecule has 0 saturated carbocycles. The van der Waals surface area contributed by atoms with Gasteiger partial charge in [0, 0.05) is 6.20 Å². The summed E-state index contributed by atoms with van der Waals surface area (Å²) in [5.74, 6) is 0.247. The molecule has 0 atom stereocenters. The average Bonchev–Trinajstić information content (AvgIpc) is 2.03. The van der Waals surface area contributed by atoms with Gasteiger partial charge in [-0.25, -0.2) is 8.78 Å². The minimum Gasteiger partial charge on any atom is -0.253 e. The molecule has 1 nitrogen and oxygen atoms in total. The summed E-state index contributed by atoms with van der Waals surface area (Å²) in [6.07, 6.45) is -1.16. The molecule has 4 heteroatoms. The molecule has 0 N–H and O–H groups in total. The first kappa shape index (κ1) is 10.4. The van der Waals surface area contributed by atoms with Crippen LogP contribution in [0.1, 0.15) is 37.4 Å². The van der Waals surface area contributed by atoms with Crippen LogP contribution in [-0.2, 0) is 0 Å². The molecule has 0 spiro atoms. The van der Waals surface area contributed by atoms with E-state index in [1.54, 1.807) is 6.07 Å². The molecule has 72 valence electrons. The van der Waals surface area contributed by atoms with E-state index in [9.17, 15) is 8.78 Å². The zero-order valence-electron chi connectivity index (χ0n) is 7.39. The fraction of sp³-hybridized carbons (Fsp3) is 0.444. The molecule has 0 aromatic carbocycles. The van der Waals surface area contributed by atoms with Gasteiger partial charge in [0.1, 0.15) is 5.69 Å². The van der Waals surface area contributed by atoms with E-state index in [4.69, 9.17) is 11.6 Å². The summed E-state index contributed by atoms with van der Waals surface area (Å²) in [7, 11) is 0. The fourth-order valence-corrected chi connectivity index (χ4v) is 1.20. The molecule has 1 rings (SSSR count). The molecule has 0 radical (unpaired) electrons. The van der Waals surface area contributed by atoms with Gasteiger partial charge in [0.15, 0.2) is 0 Å². The predicted molar refractivity (Wildman–Crippen MR) is 48.3 cm³/mol. The van der Waals surface area contributed by atoms with Crippen LogP contribution in [0.25, 0.3) is 0 Å². The molecule has 0 aliphatic carbocycles. The van der Waals surface area contributed by atoms with Crippen LogP contribution in [0, 0.1) is 0 Å². The van der Waals surface area contributed by atoms with Crippen molar-refractivity contribution in [1.82, 2.24) is 4.98 Å². The largest absolute Gasteiger partial charge is 0.281 e. The average molecular weight is 206 g/mol. The lowest BCUT2D eigenvalue weighted by Gasteiger charge is -2.07. The quantitative estimate of drug-likeness (QED) is 0.716. The second kappa shape index (κ2) is 4.01. The number of alkyl halides is 2. The number of hydrogen-bond donors (Lipinski definition) is 0. The monoisotopic (exact) mass is 205 g/mol. The molecular formula is C9H10ClF2N. The van der Waals surface area contributed by atoms with E-state index in [1.165, 1.54) is 6.20 Å². The van der Waals surface area contributed by atoms with Crippen LogP contribution < -0.4 is 0 Å². The second-order valence-corrected chi connectivity index (χ2v) is 3.50. The van der Waals surface area contributed by atoms with E-state index >= 15 is 0 Å². The smallest absolute Gasteiger partial charge is 0.253 e. The second-order valence-electron chi connectivity index (χ2n) is 3.09.